The zero-order chi connectivity index (χ0) is 13.7. The van der Waals surface area contributed by atoms with Gasteiger partial charge in [-0.1, -0.05) is 18.2 Å². The van der Waals surface area contributed by atoms with Crippen LogP contribution in [0.5, 0.6) is 5.75 Å². The van der Waals surface area contributed by atoms with Crippen LogP contribution in [0.4, 0.5) is 0 Å². The van der Waals surface area contributed by atoms with Gasteiger partial charge in [-0.3, -0.25) is 4.68 Å². The van der Waals surface area contributed by atoms with Gasteiger partial charge in [0.2, 0.25) is 0 Å². The number of para-hydroxylation sites is 1. The van der Waals surface area contributed by atoms with E-state index in [9.17, 15) is 0 Å². The second kappa shape index (κ2) is 7.92. The highest BCUT2D eigenvalue weighted by Gasteiger charge is 2.09. The molecule has 0 aliphatic carbocycles. The first kappa shape index (κ1) is 16.5. The van der Waals surface area contributed by atoms with Crippen molar-refractivity contribution < 1.29 is 4.74 Å². The molecule has 0 saturated heterocycles. The lowest BCUT2D eigenvalue weighted by molar-refractivity contribution is 0.243. The highest BCUT2D eigenvalue weighted by atomic mass is 35.5. The number of halogens is 1. The molecule has 0 radical (unpaired) electrons. The van der Waals surface area contributed by atoms with Gasteiger partial charge in [-0.2, -0.15) is 5.10 Å². The Kier molecular flexibility index (Phi) is 6.55. The molecule has 2 aromatic rings. The predicted molar refractivity (Wildman–Crippen MR) is 84.3 cm³/mol. The third-order valence-corrected chi connectivity index (χ3v) is 2.79. The van der Waals surface area contributed by atoms with Gasteiger partial charge in [-0.05, 0) is 32.9 Å². The van der Waals surface area contributed by atoms with Crippen molar-refractivity contribution in [3.63, 3.8) is 0 Å². The van der Waals surface area contributed by atoms with E-state index in [2.05, 4.69) is 11.2 Å². The molecule has 2 rings (SSSR count). The van der Waals surface area contributed by atoms with Crippen molar-refractivity contribution in [2.45, 2.75) is 32.9 Å². The minimum atomic E-state index is 0. The Hall–Kier alpha value is -1.52. The number of aromatic nitrogens is 2. The Morgan fingerprint density at radius 2 is 2.05 bits per heavy atom. The first-order valence-electron chi connectivity index (χ1n) is 6.69. The zero-order valence-corrected chi connectivity index (χ0v) is 12.8. The molecule has 2 N–H and O–H groups in total. The summed E-state index contributed by atoms with van der Waals surface area (Å²) in [6.07, 6.45) is 5.01. The number of aryl methyl sites for hydroxylation is 1. The van der Waals surface area contributed by atoms with Gasteiger partial charge in [0.1, 0.15) is 5.75 Å². The van der Waals surface area contributed by atoms with Crippen molar-refractivity contribution in [2.24, 2.45) is 5.73 Å². The summed E-state index contributed by atoms with van der Waals surface area (Å²) in [6.45, 7) is 5.59. The average Bonchev–Trinajstić information content (AvgIpc) is 2.85. The molecule has 0 bridgehead atoms. The summed E-state index contributed by atoms with van der Waals surface area (Å²) < 4.78 is 7.76. The van der Waals surface area contributed by atoms with Crippen LogP contribution in [0.15, 0.2) is 36.7 Å². The van der Waals surface area contributed by atoms with E-state index in [1.165, 1.54) is 0 Å². The Balaban J connectivity index is 0.00000200. The quantitative estimate of drug-likeness (QED) is 0.891. The predicted octanol–water partition coefficient (Wildman–Crippen LogP) is 3.11. The van der Waals surface area contributed by atoms with Gasteiger partial charge in [-0.25, -0.2) is 0 Å². The van der Waals surface area contributed by atoms with Crippen LogP contribution in [0.3, 0.4) is 0 Å². The van der Waals surface area contributed by atoms with Crippen LogP contribution in [0.1, 0.15) is 20.3 Å². The normalized spacial score (nSPS) is 10.4. The summed E-state index contributed by atoms with van der Waals surface area (Å²) in [5.41, 5.74) is 7.67. The van der Waals surface area contributed by atoms with E-state index in [0.29, 0.717) is 6.54 Å². The molecular weight excluding hydrogens is 274 g/mol. The van der Waals surface area contributed by atoms with E-state index in [0.717, 1.165) is 29.8 Å². The highest BCUT2D eigenvalue weighted by molar-refractivity contribution is 5.85. The van der Waals surface area contributed by atoms with Crippen LogP contribution in [-0.4, -0.2) is 22.4 Å². The molecule has 0 aliphatic rings. The van der Waals surface area contributed by atoms with E-state index in [1.54, 1.807) is 0 Å². The van der Waals surface area contributed by atoms with Crippen molar-refractivity contribution in [3.8, 4) is 16.9 Å². The van der Waals surface area contributed by atoms with Crippen LogP contribution in [0, 0.1) is 0 Å². The van der Waals surface area contributed by atoms with Crippen molar-refractivity contribution >= 4 is 12.4 Å². The Bertz CT molecular complexity index is 525. The van der Waals surface area contributed by atoms with Gasteiger partial charge in [0.15, 0.2) is 0 Å². The zero-order valence-electron chi connectivity index (χ0n) is 12.0. The smallest absolute Gasteiger partial charge is 0.127 e. The SMILES string of the molecule is CC(C)Oc1ccccc1-c1cnn(CCCN)c1.Cl. The van der Waals surface area contributed by atoms with Crippen molar-refractivity contribution in [3.05, 3.63) is 36.7 Å². The average molecular weight is 296 g/mol. The monoisotopic (exact) mass is 295 g/mol. The first-order valence-corrected chi connectivity index (χ1v) is 6.69. The fraction of sp³-hybridized carbons (Fsp3) is 0.400. The number of nitrogens with two attached hydrogens (primary N) is 1. The summed E-state index contributed by atoms with van der Waals surface area (Å²) in [5, 5.41) is 4.36. The molecule has 20 heavy (non-hydrogen) atoms. The molecule has 4 nitrogen and oxygen atoms in total. The molecule has 1 aromatic carbocycles. The molecule has 0 aliphatic heterocycles. The number of hydrogen-bond donors (Lipinski definition) is 1. The molecule has 1 aromatic heterocycles. The molecule has 0 spiro atoms. The van der Waals surface area contributed by atoms with E-state index < -0.39 is 0 Å². The highest BCUT2D eigenvalue weighted by Crippen LogP contribution is 2.30. The van der Waals surface area contributed by atoms with E-state index in [-0.39, 0.29) is 18.5 Å². The summed E-state index contributed by atoms with van der Waals surface area (Å²) in [4.78, 5) is 0. The van der Waals surface area contributed by atoms with Crippen LogP contribution in [-0.2, 0) is 6.54 Å². The lowest BCUT2D eigenvalue weighted by Gasteiger charge is -2.13. The summed E-state index contributed by atoms with van der Waals surface area (Å²) >= 11 is 0. The largest absolute Gasteiger partial charge is 0.490 e. The third kappa shape index (κ3) is 4.25. The van der Waals surface area contributed by atoms with Gasteiger partial charge in [-0.15, -0.1) is 12.4 Å². The standard InChI is InChI=1S/C15H21N3O.ClH/c1-12(2)19-15-7-4-3-6-14(15)13-10-17-18(11-13)9-5-8-16;/h3-4,6-7,10-12H,5,8-9,16H2,1-2H3;1H. The molecule has 0 atom stereocenters. The van der Waals surface area contributed by atoms with Gasteiger partial charge in [0.05, 0.1) is 12.3 Å². The van der Waals surface area contributed by atoms with E-state index in [1.807, 2.05) is 49.1 Å². The first-order chi connectivity index (χ1) is 9.20. The van der Waals surface area contributed by atoms with Crippen LogP contribution in [0.2, 0.25) is 0 Å². The summed E-state index contributed by atoms with van der Waals surface area (Å²) in [6, 6.07) is 8.05. The van der Waals surface area contributed by atoms with Crippen LogP contribution < -0.4 is 10.5 Å². The molecule has 0 unspecified atom stereocenters. The van der Waals surface area contributed by atoms with Crippen LogP contribution in [0.25, 0.3) is 11.1 Å². The number of benzene rings is 1. The van der Waals surface area contributed by atoms with Gasteiger partial charge < -0.3 is 10.5 Å². The Morgan fingerprint density at radius 1 is 1.30 bits per heavy atom. The Morgan fingerprint density at radius 3 is 2.75 bits per heavy atom. The molecular formula is C15H22ClN3O. The second-order valence-corrected chi connectivity index (χ2v) is 4.80. The van der Waals surface area contributed by atoms with Gasteiger partial charge in [0, 0.05) is 23.9 Å². The third-order valence-electron chi connectivity index (χ3n) is 2.79. The maximum atomic E-state index is 5.83. The number of ether oxygens (including phenoxy) is 1. The molecule has 0 fully saturated rings. The van der Waals surface area contributed by atoms with Crippen molar-refractivity contribution in [1.29, 1.82) is 0 Å². The number of nitrogens with zero attached hydrogens (tertiary/aromatic N) is 2. The Labute approximate surface area is 126 Å². The maximum absolute atomic E-state index is 5.83. The topological polar surface area (TPSA) is 53.1 Å². The summed E-state index contributed by atoms with van der Waals surface area (Å²) in [5.74, 6) is 0.899. The fourth-order valence-electron chi connectivity index (χ4n) is 1.94. The van der Waals surface area contributed by atoms with E-state index >= 15 is 0 Å². The maximum Gasteiger partial charge on any atom is 0.127 e. The van der Waals surface area contributed by atoms with Gasteiger partial charge >= 0.3 is 0 Å². The second-order valence-electron chi connectivity index (χ2n) is 4.80. The lowest BCUT2D eigenvalue weighted by Crippen LogP contribution is -2.06. The minimum Gasteiger partial charge on any atom is -0.490 e. The van der Waals surface area contributed by atoms with Crippen molar-refractivity contribution in [1.82, 2.24) is 9.78 Å². The fourth-order valence-corrected chi connectivity index (χ4v) is 1.94. The van der Waals surface area contributed by atoms with E-state index in [4.69, 9.17) is 10.5 Å². The molecule has 0 saturated carbocycles. The lowest BCUT2D eigenvalue weighted by atomic mass is 10.1. The molecule has 5 heteroatoms. The summed E-state index contributed by atoms with van der Waals surface area (Å²) in [7, 11) is 0. The van der Waals surface area contributed by atoms with Crippen LogP contribution >= 0.6 is 12.4 Å². The van der Waals surface area contributed by atoms with Crippen molar-refractivity contribution in [2.75, 3.05) is 6.54 Å². The number of hydrogen-bond acceptors (Lipinski definition) is 3. The molecule has 1 heterocycles. The van der Waals surface area contributed by atoms with Gasteiger partial charge in [0.25, 0.3) is 0 Å². The minimum absolute atomic E-state index is 0. The molecule has 0 amide bonds. The molecule has 110 valence electrons. The number of rotatable bonds is 6.